The fourth-order valence-electron chi connectivity index (χ4n) is 1.90. The van der Waals surface area contributed by atoms with Crippen molar-refractivity contribution in [3.8, 4) is 0 Å². The molecule has 0 bridgehead atoms. The average Bonchev–Trinajstić information content (AvgIpc) is 2.97. The summed E-state index contributed by atoms with van der Waals surface area (Å²) in [7, 11) is -1.85. The molecule has 7 nitrogen and oxygen atoms in total. The van der Waals surface area contributed by atoms with Crippen molar-refractivity contribution in [3.63, 3.8) is 0 Å². The zero-order valence-corrected chi connectivity index (χ0v) is 14.5. The van der Waals surface area contributed by atoms with E-state index >= 15 is 0 Å². The van der Waals surface area contributed by atoms with Crippen LogP contribution in [0.25, 0.3) is 0 Å². The Morgan fingerprint density at radius 3 is 2.48 bits per heavy atom. The van der Waals surface area contributed by atoms with Crippen LogP contribution in [-0.4, -0.2) is 32.2 Å². The Hall–Kier alpha value is -1.77. The minimum absolute atomic E-state index is 0.231. The Kier molecular flexibility index (Phi) is 5.18. The maximum Gasteiger partial charge on any atom is 0.240 e. The van der Waals surface area contributed by atoms with Crippen LogP contribution >= 0.6 is 0 Å². The second kappa shape index (κ2) is 6.77. The first-order valence-electron chi connectivity index (χ1n) is 7.25. The Morgan fingerprint density at radius 1 is 1.26 bits per heavy atom. The third-order valence-corrected chi connectivity index (χ3v) is 5.00. The number of hydrogen-bond acceptors (Lipinski definition) is 6. The zero-order chi connectivity index (χ0) is 17.1. The lowest BCUT2D eigenvalue weighted by Crippen LogP contribution is -2.23. The van der Waals surface area contributed by atoms with Crippen molar-refractivity contribution in [1.29, 1.82) is 0 Å². The van der Waals surface area contributed by atoms with Crippen LogP contribution in [0.4, 0.5) is 0 Å². The van der Waals surface area contributed by atoms with Gasteiger partial charge in [0.2, 0.25) is 21.7 Å². The fourth-order valence-corrected chi connectivity index (χ4v) is 2.94. The predicted octanol–water partition coefficient (Wildman–Crippen LogP) is 1.84. The number of hydrogen-bond donors (Lipinski definition) is 1. The number of benzene rings is 1. The van der Waals surface area contributed by atoms with Gasteiger partial charge in [0.15, 0.2) is 0 Å². The molecule has 23 heavy (non-hydrogen) atoms. The number of nitrogens with one attached hydrogen (secondary N) is 1. The second-order valence-corrected chi connectivity index (χ2v) is 7.32. The smallest absolute Gasteiger partial charge is 0.240 e. The molecule has 0 aliphatic rings. The fraction of sp³-hybridized carbons (Fsp3) is 0.467. The molecule has 0 fully saturated rings. The molecule has 1 heterocycles. The SMILES string of the molecule is CCNS(=O)(=O)c1ccc(Cc2nc(C(C)(C)OC)no2)cc1. The summed E-state index contributed by atoms with van der Waals surface area (Å²) in [5.74, 6) is 0.925. The summed E-state index contributed by atoms with van der Waals surface area (Å²) < 4.78 is 36.7. The molecule has 8 heteroatoms. The van der Waals surface area contributed by atoms with Gasteiger partial charge in [-0.25, -0.2) is 13.1 Å². The zero-order valence-electron chi connectivity index (χ0n) is 13.7. The van der Waals surface area contributed by atoms with Gasteiger partial charge in [-0.2, -0.15) is 4.98 Å². The van der Waals surface area contributed by atoms with Crippen LogP contribution in [0.15, 0.2) is 33.7 Å². The molecular weight excluding hydrogens is 318 g/mol. The minimum Gasteiger partial charge on any atom is -0.371 e. The van der Waals surface area contributed by atoms with Crippen molar-refractivity contribution in [3.05, 3.63) is 41.5 Å². The van der Waals surface area contributed by atoms with Crippen molar-refractivity contribution in [1.82, 2.24) is 14.9 Å². The van der Waals surface area contributed by atoms with Crippen LogP contribution in [0, 0.1) is 0 Å². The van der Waals surface area contributed by atoms with Gasteiger partial charge in [-0.15, -0.1) is 0 Å². The van der Waals surface area contributed by atoms with E-state index in [-0.39, 0.29) is 4.90 Å². The Balaban J connectivity index is 2.13. The van der Waals surface area contributed by atoms with Gasteiger partial charge in [0.25, 0.3) is 0 Å². The molecule has 1 N–H and O–H groups in total. The number of ether oxygens (including phenoxy) is 1. The second-order valence-electron chi connectivity index (χ2n) is 5.55. The molecule has 0 amide bonds. The van der Waals surface area contributed by atoms with Crippen LogP contribution in [0.2, 0.25) is 0 Å². The van der Waals surface area contributed by atoms with Gasteiger partial charge >= 0.3 is 0 Å². The topological polar surface area (TPSA) is 94.3 Å². The van der Waals surface area contributed by atoms with E-state index in [0.29, 0.717) is 24.7 Å². The highest BCUT2D eigenvalue weighted by Crippen LogP contribution is 2.21. The molecule has 1 aromatic carbocycles. The molecule has 0 saturated heterocycles. The van der Waals surface area contributed by atoms with Crippen molar-refractivity contribution in [2.45, 2.75) is 37.7 Å². The van der Waals surface area contributed by atoms with E-state index in [4.69, 9.17) is 9.26 Å². The van der Waals surface area contributed by atoms with E-state index in [1.807, 2.05) is 13.8 Å². The van der Waals surface area contributed by atoms with E-state index in [9.17, 15) is 8.42 Å². The van der Waals surface area contributed by atoms with Gasteiger partial charge < -0.3 is 9.26 Å². The van der Waals surface area contributed by atoms with Crippen molar-refractivity contribution in [2.24, 2.45) is 0 Å². The first kappa shape index (κ1) is 17.6. The summed E-state index contributed by atoms with van der Waals surface area (Å²) in [6, 6.07) is 6.58. The van der Waals surface area contributed by atoms with Gasteiger partial charge in [-0.3, -0.25) is 0 Å². The Morgan fingerprint density at radius 2 is 1.91 bits per heavy atom. The first-order valence-corrected chi connectivity index (χ1v) is 8.73. The highest BCUT2D eigenvalue weighted by atomic mass is 32.2. The minimum atomic E-state index is -3.44. The molecule has 2 aromatic rings. The monoisotopic (exact) mass is 339 g/mol. The van der Waals surface area contributed by atoms with Crippen LogP contribution in [0.3, 0.4) is 0 Å². The predicted molar refractivity (Wildman–Crippen MR) is 84.4 cm³/mol. The quantitative estimate of drug-likeness (QED) is 0.827. The van der Waals surface area contributed by atoms with E-state index in [1.54, 1.807) is 38.3 Å². The molecule has 0 aliphatic carbocycles. The average molecular weight is 339 g/mol. The summed E-state index contributed by atoms with van der Waals surface area (Å²) >= 11 is 0. The highest BCUT2D eigenvalue weighted by Gasteiger charge is 2.26. The molecule has 0 saturated carbocycles. The maximum atomic E-state index is 11.9. The van der Waals surface area contributed by atoms with E-state index in [0.717, 1.165) is 5.56 Å². The lowest BCUT2D eigenvalue weighted by molar-refractivity contribution is 0.00973. The molecule has 1 aromatic heterocycles. The van der Waals surface area contributed by atoms with Crippen molar-refractivity contribution in [2.75, 3.05) is 13.7 Å². The lowest BCUT2D eigenvalue weighted by Gasteiger charge is -2.17. The number of sulfonamides is 1. The molecule has 0 spiro atoms. The van der Waals surface area contributed by atoms with Gasteiger partial charge in [-0.1, -0.05) is 24.2 Å². The largest absolute Gasteiger partial charge is 0.371 e. The van der Waals surface area contributed by atoms with Gasteiger partial charge in [-0.05, 0) is 31.5 Å². The Labute approximate surface area is 136 Å². The maximum absolute atomic E-state index is 11.9. The normalized spacial score (nSPS) is 12.5. The van der Waals surface area contributed by atoms with E-state index < -0.39 is 15.6 Å². The number of rotatable bonds is 7. The van der Waals surface area contributed by atoms with Crippen molar-refractivity contribution >= 4 is 10.0 Å². The summed E-state index contributed by atoms with van der Waals surface area (Å²) in [5, 5.41) is 3.92. The van der Waals surface area contributed by atoms with Crippen LogP contribution in [0.5, 0.6) is 0 Å². The first-order chi connectivity index (χ1) is 10.8. The molecule has 0 radical (unpaired) electrons. The highest BCUT2D eigenvalue weighted by molar-refractivity contribution is 7.89. The number of methoxy groups -OCH3 is 1. The summed E-state index contributed by atoms with van der Waals surface area (Å²) in [6.07, 6.45) is 0.425. The molecule has 126 valence electrons. The molecule has 0 aliphatic heterocycles. The lowest BCUT2D eigenvalue weighted by atomic mass is 10.1. The van der Waals surface area contributed by atoms with Crippen LogP contribution in [-0.2, 0) is 26.8 Å². The van der Waals surface area contributed by atoms with Gasteiger partial charge in [0.05, 0.1) is 11.3 Å². The van der Waals surface area contributed by atoms with Gasteiger partial charge in [0.1, 0.15) is 5.60 Å². The van der Waals surface area contributed by atoms with Crippen LogP contribution in [0.1, 0.15) is 38.0 Å². The Bertz CT molecular complexity index is 751. The molecule has 0 atom stereocenters. The third-order valence-electron chi connectivity index (χ3n) is 3.44. The number of nitrogens with zero attached hydrogens (tertiary/aromatic N) is 2. The molecule has 2 rings (SSSR count). The summed E-state index contributed by atoms with van der Waals surface area (Å²) in [6.45, 7) is 5.79. The van der Waals surface area contributed by atoms with E-state index in [1.165, 1.54) is 0 Å². The van der Waals surface area contributed by atoms with Crippen molar-refractivity contribution < 1.29 is 17.7 Å². The van der Waals surface area contributed by atoms with Crippen LogP contribution < -0.4 is 4.72 Å². The van der Waals surface area contributed by atoms with Gasteiger partial charge in [0, 0.05) is 13.7 Å². The number of aromatic nitrogens is 2. The van der Waals surface area contributed by atoms with E-state index in [2.05, 4.69) is 14.9 Å². The summed E-state index contributed by atoms with van der Waals surface area (Å²) in [5.41, 5.74) is 0.261. The standard InChI is InChI=1S/C15H21N3O4S/c1-5-16-23(19,20)12-8-6-11(7-9-12)10-13-17-14(18-22-13)15(2,3)21-4/h6-9,16H,5,10H2,1-4H3. The summed E-state index contributed by atoms with van der Waals surface area (Å²) in [4.78, 5) is 4.55. The molecular formula is C15H21N3O4S. The third kappa shape index (κ3) is 4.15. The molecule has 0 unspecified atom stereocenters.